The molecule has 3 heterocycles. The molecule has 0 aliphatic carbocycles. The first-order valence-electron chi connectivity index (χ1n) is 8.16. The van der Waals surface area contributed by atoms with E-state index in [0.29, 0.717) is 27.9 Å². The van der Waals surface area contributed by atoms with Crippen molar-refractivity contribution in [3.63, 3.8) is 0 Å². The van der Waals surface area contributed by atoms with E-state index in [1.165, 1.54) is 14.0 Å². The van der Waals surface area contributed by atoms with Gasteiger partial charge in [0.1, 0.15) is 5.75 Å². The van der Waals surface area contributed by atoms with Crippen LogP contribution in [0.25, 0.3) is 0 Å². The number of methoxy groups -OCH3 is 1. The molecule has 1 atom stereocenters. The summed E-state index contributed by atoms with van der Waals surface area (Å²) < 4.78 is 5.31. The highest BCUT2D eigenvalue weighted by atomic mass is 35.5. The van der Waals surface area contributed by atoms with Crippen molar-refractivity contribution in [2.24, 2.45) is 5.92 Å². The molecule has 4 rings (SSSR count). The summed E-state index contributed by atoms with van der Waals surface area (Å²) in [7, 11) is 1.49. The van der Waals surface area contributed by atoms with Crippen LogP contribution in [0.15, 0.2) is 12.1 Å². The van der Waals surface area contributed by atoms with Gasteiger partial charge >= 0.3 is 0 Å². The number of piperidine rings is 3. The Morgan fingerprint density at radius 1 is 1.28 bits per heavy atom. The molecule has 0 radical (unpaired) electrons. The van der Waals surface area contributed by atoms with Crippen molar-refractivity contribution < 1.29 is 14.3 Å². The number of hydrogen-bond acceptors (Lipinski definition) is 4. The van der Waals surface area contributed by atoms with Gasteiger partial charge in [0.15, 0.2) is 0 Å². The van der Waals surface area contributed by atoms with Gasteiger partial charge in [0, 0.05) is 25.6 Å². The second-order valence-corrected chi connectivity index (χ2v) is 6.84. The number of carbonyl (C=O) groups excluding carboxylic acids is 2. The predicted octanol–water partition coefficient (Wildman–Crippen LogP) is 2.55. The minimum atomic E-state index is -0.233. The van der Waals surface area contributed by atoms with Gasteiger partial charge in [-0.25, -0.2) is 0 Å². The molecule has 138 valence electrons. The van der Waals surface area contributed by atoms with Crippen LogP contribution in [0.5, 0.6) is 5.75 Å². The van der Waals surface area contributed by atoms with E-state index in [1.807, 2.05) is 0 Å². The maximum atomic E-state index is 12.7. The zero-order valence-electron chi connectivity index (χ0n) is 14.3. The molecule has 0 aromatic heterocycles. The van der Waals surface area contributed by atoms with Gasteiger partial charge in [-0.05, 0) is 37.9 Å². The second-order valence-electron chi connectivity index (χ2n) is 6.43. The first-order valence-corrected chi connectivity index (χ1v) is 8.54. The molecule has 6 nitrogen and oxygen atoms in total. The molecule has 0 spiro atoms. The minimum absolute atomic E-state index is 0. The summed E-state index contributed by atoms with van der Waals surface area (Å²) in [6, 6.07) is 3.29. The Balaban J connectivity index is 0.00000225. The summed E-state index contributed by atoms with van der Waals surface area (Å²) in [5.41, 5.74) is 0.813. The number of ether oxygens (including phenoxy) is 1. The quantitative estimate of drug-likeness (QED) is 0.832. The van der Waals surface area contributed by atoms with Crippen LogP contribution in [0.2, 0.25) is 5.02 Å². The van der Waals surface area contributed by atoms with Gasteiger partial charge < -0.3 is 20.3 Å². The fourth-order valence-corrected chi connectivity index (χ4v) is 3.77. The number of carbonyl (C=O) groups is 2. The van der Waals surface area contributed by atoms with Crippen molar-refractivity contribution in [3.05, 3.63) is 22.7 Å². The number of benzene rings is 1. The fourth-order valence-electron chi connectivity index (χ4n) is 3.56. The molecular weight excluding hydrogens is 365 g/mol. The first kappa shape index (κ1) is 19.8. The van der Waals surface area contributed by atoms with Crippen molar-refractivity contribution in [1.29, 1.82) is 0 Å². The third kappa shape index (κ3) is 4.37. The highest BCUT2D eigenvalue weighted by Crippen LogP contribution is 2.32. The zero-order chi connectivity index (χ0) is 17.3. The monoisotopic (exact) mass is 387 g/mol. The smallest absolute Gasteiger partial charge is 0.255 e. The van der Waals surface area contributed by atoms with Gasteiger partial charge in [0.25, 0.3) is 5.91 Å². The van der Waals surface area contributed by atoms with Gasteiger partial charge in [-0.1, -0.05) is 11.6 Å². The number of halogens is 2. The molecule has 3 aliphatic rings. The average Bonchev–Trinajstić information content (AvgIpc) is 2.57. The zero-order valence-corrected chi connectivity index (χ0v) is 15.9. The first-order chi connectivity index (χ1) is 11.5. The van der Waals surface area contributed by atoms with E-state index in [-0.39, 0.29) is 30.3 Å². The van der Waals surface area contributed by atoms with E-state index in [4.69, 9.17) is 16.3 Å². The highest BCUT2D eigenvalue weighted by molar-refractivity contribution is 6.34. The summed E-state index contributed by atoms with van der Waals surface area (Å²) in [5, 5.41) is 6.06. The topological polar surface area (TPSA) is 70.7 Å². The van der Waals surface area contributed by atoms with Gasteiger partial charge in [-0.3, -0.25) is 9.59 Å². The Labute approximate surface area is 158 Å². The standard InChI is InChI=1S/C17H22ClN3O3.ClH/c1-10(22)19-14-8-16(24-2)12(7-13(14)18)17(23)20-15-9-21-5-3-11(15)4-6-21;/h7-8,11,15H,3-6,9H2,1-2H3,(H,19,22)(H,20,23);1H. The summed E-state index contributed by atoms with van der Waals surface area (Å²) in [5.74, 6) is 0.506. The van der Waals surface area contributed by atoms with E-state index in [0.717, 1.165) is 32.5 Å². The van der Waals surface area contributed by atoms with Crippen LogP contribution >= 0.6 is 24.0 Å². The maximum absolute atomic E-state index is 12.7. The molecule has 2 bridgehead atoms. The lowest BCUT2D eigenvalue weighted by Crippen LogP contribution is -2.57. The van der Waals surface area contributed by atoms with Gasteiger partial charge in [0.05, 0.1) is 23.4 Å². The van der Waals surface area contributed by atoms with Gasteiger partial charge in [-0.15, -0.1) is 12.4 Å². The maximum Gasteiger partial charge on any atom is 0.255 e. The second kappa shape index (κ2) is 8.25. The average molecular weight is 388 g/mol. The van der Waals surface area contributed by atoms with Crippen molar-refractivity contribution in [3.8, 4) is 5.75 Å². The van der Waals surface area contributed by atoms with Crippen LogP contribution < -0.4 is 15.4 Å². The van der Waals surface area contributed by atoms with E-state index >= 15 is 0 Å². The molecule has 2 N–H and O–H groups in total. The molecule has 25 heavy (non-hydrogen) atoms. The molecule has 3 aliphatic heterocycles. The highest BCUT2D eigenvalue weighted by Gasteiger charge is 2.35. The minimum Gasteiger partial charge on any atom is -0.496 e. The van der Waals surface area contributed by atoms with Crippen molar-refractivity contribution >= 4 is 41.5 Å². The SMILES string of the molecule is COc1cc(NC(C)=O)c(Cl)cc1C(=O)NC1CN2CCC1CC2.Cl. The van der Waals surface area contributed by atoms with Gasteiger partial charge in [0.2, 0.25) is 5.91 Å². The van der Waals surface area contributed by atoms with Crippen molar-refractivity contribution in [1.82, 2.24) is 10.2 Å². The number of nitrogens with zero attached hydrogens (tertiary/aromatic N) is 1. The van der Waals surface area contributed by atoms with E-state index in [2.05, 4.69) is 15.5 Å². The lowest BCUT2D eigenvalue weighted by atomic mass is 9.84. The Morgan fingerprint density at radius 2 is 1.96 bits per heavy atom. The molecular formula is C17H23Cl2N3O3. The van der Waals surface area contributed by atoms with Crippen molar-refractivity contribution in [2.75, 3.05) is 32.1 Å². The van der Waals surface area contributed by atoms with E-state index in [1.54, 1.807) is 12.1 Å². The Kier molecular flexibility index (Phi) is 6.54. The van der Waals surface area contributed by atoms with E-state index < -0.39 is 0 Å². The number of nitrogens with one attached hydrogen (secondary N) is 2. The van der Waals surface area contributed by atoms with Gasteiger partial charge in [-0.2, -0.15) is 0 Å². The Morgan fingerprint density at radius 3 is 2.48 bits per heavy atom. The summed E-state index contributed by atoms with van der Waals surface area (Å²) >= 11 is 6.19. The van der Waals surface area contributed by atoms with Crippen LogP contribution in [0.3, 0.4) is 0 Å². The molecule has 3 fully saturated rings. The summed E-state index contributed by atoms with van der Waals surface area (Å²) in [6.07, 6.45) is 2.26. The summed E-state index contributed by atoms with van der Waals surface area (Å²) in [4.78, 5) is 26.3. The third-order valence-corrected chi connectivity index (χ3v) is 5.13. The fraction of sp³-hybridized carbons (Fsp3) is 0.529. The molecule has 1 aromatic rings. The van der Waals surface area contributed by atoms with Crippen LogP contribution in [-0.4, -0.2) is 49.5 Å². The lowest BCUT2D eigenvalue weighted by Gasteiger charge is -2.44. The third-order valence-electron chi connectivity index (χ3n) is 4.82. The normalized spacial score (nSPS) is 24.2. The molecule has 2 amide bonds. The number of fused-ring (bicyclic) bond motifs is 3. The molecule has 1 unspecified atom stereocenters. The van der Waals surface area contributed by atoms with E-state index in [9.17, 15) is 9.59 Å². The molecule has 8 heteroatoms. The number of hydrogen-bond donors (Lipinski definition) is 2. The Bertz CT molecular complexity index is 661. The lowest BCUT2D eigenvalue weighted by molar-refractivity contribution is -0.114. The van der Waals surface area contributed by atoms with Crippen LogP contribution in [0.1, 0.15) is 30.1 Å². The number of anilines is 1. The van der Waals surface area contributed by atoms with Crippen LogP contribution in [-0.2, 0) is 4.79 Å². The number of amides is 2. The Hall–Kier alpha value is -1.50. The van der Waals surface area contributed by atoms with Crippen molar-refractivity contribution in [2.45, 2.75) is 25.8 Å². The van der Waals surface area contributed by atoms with Crippen LogP contribution in [0, 0.1) is 5.92 Å². The largest absolute Gasteiger partial charge is 0.496 e. The molecule has 3 saturated heterocycles. The molecule has 1 aromatic carbocycles. The number of rotatable bonds is 4. The molecule has 0 saturated carbocycles. The summed E-state index contributed by atoms with van der Waals surface area (Å²) in [6.45, 7) is 4.54. The predicted molar refractivity (Wildman–Crippen MR) is 100.0 cm³/mol. The van der Waals surface area contributed by atoms with Crippen LogP contribution in [0.4, 0.5) is 5.69 Å².